The fraction of sp³-hybridized carbons (Fsp3) is 0.0952. The molecule has 0 atom stereocenters. The molecule has 0 saturated heterocycles. The Hall–Kier alpha value is -3.48. The van der Waals surface area contributed by atoms with E-state index in [0.29, 0.717) is 0 Å². The lowest BCUT2D eigenvalue weighted by molar-refractivity contribution is -0.136. The molecule has 142 valence electrons. The summed E-state index contributed by atoms with van der Waals surface area (Å²) in [6.07, 6.45) is -4.55. The summed E-state index contributed by atoms with van der Waals surface area (Å²) >= 11 is 0. The highest BCUT2D eigenvalue weighted by Gasteiger charge is 2.35. The molecule has 0 spiro atoms. The first-order valence-corrected chi connectivity index (χ1v) is 8.47. The van der Waals surface area contributed by atoms with Crippen LogP contribution in [0.15, 0.2) is 66.7 Å². The number of fused-ring (bicyclic) bond motifs is 1. The molecule has 0 radical (unpaired) electrons. The lowest BCUT2D eigenvalue weighted by Gasteiger charge is -2.11. The van der Waals surface area contributed by atoms with Gasteiger partial charge in [-0.15, -0.1) is 0 Å². The van der Waals surface area contributed by atoms with E-state index in [4.69, 9.17) is 0 Å². The molecule has 3 aromatic carbocycles. The third-order valence-corrected chi connectivity index (χ3v) is 4.49. The topological polar surface area (TPSA) is 58.3 Å². The van der Waals surface area contributed by atoms with Crippen LogP contribution in [0.3, 0.4) is 0 Å². The predicted octanol–water partition coefficient (Wildman–Crippen LogP) is 5.18. The quantitative estimate of drug-likeness (QED) is 0.512. The van der Waals surface area contributed by atoms with Gasteiger partial charge in [-0.25, -0.2) is 0 Å². The van der Waals surface area contributed by atoms with Gasteiger partial charge in [0.2, 0.25) is 0 Å². The van der Waals surface area contributed by atoms with Crippen molar-refractivity contribution in [3.63, 3.8) is 0 Å². The van der Waals surface area contributed by atoms with E-state index >= 15 is 0 Å². The number of aromatic hydroxyl groups is 2. The van der Waals surface area contributed by atoms with Crippen LogP contribution in [0.25, 0.3) is 22.2 Å². The zero-order chi connectivity index (χ0) is 19.9. The molecule has 0 fully saturated rings. The lowest BCUT2D eigenvalue weighted by Crippen LogP contribution is -2.10. The summed E-state index contributed by atoms with van der Waals surface area (Å²) in [5.74, 6) is -0.408. The van der Waals surface area contributed by atoms with Crippen LogP contribution in [-0.4, -0.2) is 20.0 Å². The summed E-state index contributed by atoms with van der Waals surface area (Å²) in [6, 6.07) is 16.8. The smallest absolute Gasteiger partial charge is 0.418 e. The van der Waals surface area contributed by atoms with Crippen molar-refractivity contribution in [2.24, 2.45) is 0 Å². The van der Waals surface area contributed by atoms with Crippen LogP contribution < -0.4 is 0 Å². The number of phenols is 2. The molecule has 0 aliphatic rings. The Morgan fingerprint density at radius 2 is 1.64 bits per heavy atom. The fourth-order valence-corrected chi connectivity index (χ4v) is 3.26. The van der Waals surface area contributed by atoms with E-state index in [2.05, 4.69) is 5.10 Å². The van der Waals surface area contributed by atoms with Crippen LogP contribution in [0, 0.1) is 0 Å². The maximum Gasteiger partial charge on any atom is 0.418 e. The first-order chi connectivity index (χ1) is 13.3. The third-order valence-electron chi connectivity index (χ3n) is 4.49. The Labute approximate surface area is 158 Å². The number of halogens is 3. The van der Waals surface area contributed by atoms with Gasteiger partial charge in [0.05, 0.1) is 17.6 Å². The van der Waals surface area contributed by atoms with Crippen LogP contribution in [0.5, 0.6) is 11.5 Å². The zero-order valence-electron chi connectivity index (χ0n) is 14.5. The first-order valence-electron chi connectivity index (χ1n) is 8.47. The van der Waals surface area contributed by atoms with Crippen LogP contribution in [0.2, 0.25) is 0 Å². The Morgan fingerprint density at radius 1 is 0.893 bits per heavy atom. The van der Waals surface area contributed by atoms with Gasteiger partial charge >= 0.3 is 6.18 Å². The monoisotopic (exact) mass is 384 g/mol. The zero-order valence-corrected chi connectivity index (χ0v) is 14.5. The van der Waals surface area contributed by atoms with E-state index in [0.717, 1.165) is 17.7 Å². The number of phenolic OH excluding ortho intramolecular Hbond substituents is 2. The summed E-state index contributed by atoms with van der Waals surface area (Å²) in [7, 11) is 0. The maximum atomic E-state index is 13.7. The van der Waals surface area contributed by atoms with E-state index in [-0.39, 0.29) is 40.2 Å². The molecular formula is C21H15F3N2O2. The molecule has 4 nitrogen and oxygen atoms in total. The van der Waals surface area contributed by atoms with Gasteiger partial charge in [-0.05, 0) is 23.8 Å². The van der Waals surface area contributed by atoms with Gasteiger partial charge in [-0.2, -0.15) is 18.3 Å². The van der Waals surface area contributed by atoms with Crippen molar-refractivity contribution in [3.8, 4) is 22.8 Å². The average Bonchev–Trinajstić information content (AvgIpc) is 3.00. The summed E-state index contributed by atoms with van der Waals surface area (Å²) in [4.78, 5) is 0. The Morgan fingerprint density at radius 3 is 2.32 bits per heavy atom. The molecule has 0 aliphatic carbocycles. The van der Waals surface area contributed by atoms with Gasteiger partial charge < -0.3 is 10.2 Å². The van der Waals surface area contributed by atoms with E-state index in [1.54, 1.807) is 30.3 Å². The second kappa shape index (κ2) is 6.60. The van der Waals surface area contributed by atoms with Crippen LogP contribution in [0.1, 0.15) is 11.1 Å². The highest BCUT2D eigenvalue weighted by Crippen LogP contribution is 2.40. The molecule has 4 aromatic rings. The summed E-state index contributed by atoms with van der Waals surface area (Å²) in [6.45, 7) is 0.142. The highest BCUT2D eigenvalue weighted by atomic mass is 19.4. The van der Waals surface area contributed by atoms with Crippen molar-refractivity contribution in [1.29, 1.82) is 0 Å². The molecule has 0 saturated carbocycles. The molecule has 2 N–H and O–H groups in total. The van der Waals surface area contributed by atoms with E-state index in [1.165, 1.54) is 22.9 Å². The molecule has 4 rings (SSSR count). The van der Waals surface area contributed by atoms with Crippen LogP contribution in [-0.2, 0) is 12.7 Å². The minimum atomic E-state index is -4.55. The summed E-state index contributed by atoms with van der Waals surface area (Å²) < 4.78 is 42.3. The van der Waals surface area contributed by atoms with Gasteiger partial charge in [-0.3, -0.25) is 4.68 Å². The van der Waals surface area contributed by atoms with Gasteiger partial charge in [0.25, 0.3) is 0 Å². The maximum absolute atomic E-state index is 13.7. The molecule has 0 bridgehead atoms. The minimum Gasteiger partial charge on any atom is -0.508 e. The second-order valence-electron chi connectivity index (χ2n) is 6.39. The number of hydrogen-bond donors (Lipinski definition) is 2. The number of nitrogens with zero attached hydrogens (tertiary/aromatic N) is 2. The van der Waals surface area contributed by atoms with Gasteiger partial charge in [0.15, 0.2) is 0 Å². The lowest BCUT2D eigenvalue weighted by atomic mass is 10.0. The largest absolute Gasteiger partial charge is 0.508 e. The third kappa shape index (κ3) is 3.15. The van der Waals surface area contributed by atoms with E-state index < -0.39 is 11.7 Å². The molecule has 1 heterocycles. The van der Waals surface area contributed by atoms with Gasteiger partial charge in [0.1, 0.15) is 17.2 Å². The van der Waals surface area contributed by atoms with Crippen molar-refractivity contribution in [1.82, 2.24) is 9.78 Å². The normalized spacial score (nSPS) is 11.8. The van der Waals surface area contributed by atoms with Crippen molar-refractivity contribution in [2.45, 2.75) is 12.7 Å². The Balaban J connectivity index is 1.99. The number of rotatable bonds is 3. The number of aromatic nitrogens is 2. The van der Waals surface area contributed by atoms with Crippen LogP contribution >= 0.6 is 0 Å². The van der Waals surface area contributed by atoms with E-state index in [1.807, 2.05) is 6.07 Å². The molecule has 1 aromatic heterocycles. The molecule has 0 amide bonds. The molecular weight excluding hydrogens is 369 g/mol. The molecule has 0 unspecified atom stereocenters. The summed E-state index contributed by atoms with van der Waals surface area (Å²) in [5.41, 5.74) is 0.410. The van der Waals surface area contributed by atoms with Crippen molar-refractivity contribution in [3.05, 3.63) is 77.9 Å². The summed E-state index contributed by atoms with van der Waals surface area (Å²) in [5, 5.41) is 24.4. The first kappa shape index (κ1) is 17.9. The molecule has 0 aliphatic heterocycles. The predicted molar refractivity (Wildman–Crippen MR) is 99.0 cm³/mol. The molecule has 28 heavy (non-hydrogen) atoms. The number of hydrogen-bond acceptors (Lipinski definition) is 3. The van der Waals surface area contributed by atoms with Crippen molar-refractivity contribution in [2.75, 3.05) is 0 Å². The number of benzene rings is 3. The van der Waals surface area contributed by atoms with E-state index in [9.17, 15) is 23.4 Å². The van der Waals surface area contributed by atoms with Crippen LogP contribution in [0.4, 0.5) is 13.2 Å². The highest BCUT2D eigenvalue weighted by molar-refractivity contribution is 5.96. The standard InChI is InChI=1S/C21H15F3N2O2/c22-21(23,24)17-8-4-7-16-19(15-10-9-14(27)11-18(15)28)25-26(20(16)17)12-13-5-2-1-3-6-13/h1-11,27-28H,12H2. The molecule has 7 heteroatoms. The average molecular weight is 384 g/mol. The Bertz CT molecular complexity index is 1150. The fourth-order valence-electron chi connectivity index (χ4n) is 3.26. The number of alkyl halides is 3. The minimum absolute atomic E-state index is 0.0543. The second-order valence-corrected chi connectivity index (χ2v) is 6.39. The SMILES string of the molecule is Oc1ccc(-c2nn(Cc3ccccc3)c3c(C(F)(F)F)cccc23)c(O)c1. The Kier molecular flexibility index (Phi) is 4.22. The van der Waals surface area contributed by atoms with Gasteiger partial charge in [-0.1, -0.05) is 42.5 Å². The van der Waals surface area contributed by atoms with Gasteiger partial charge in [0, 0.05) is 17.0 Å². The van der Waals surface area contributed by atoms with Crippen molar-refractivity contribution < 1.29 is 23.4 Å². The van der Waals surface area contributed by atoms with Crippen molar-refractivity contribution >= 4 is 10.9 Å². The number of para-hydroxylation sites is 1.